The van der Waals surface area contributed by atoms with Crippen molar-refractivity contribution in [3.63, 3.8) is 0 Å². The van der Waals surface area contributed by atoms with E-state index in [4.69, 9.17) is 0 Å². The Balaban J connectivity index is 2.41. The predicted molar refractivity (Wildman–Crippen MR) is 105 cm³/mol. The van der Waals surface area contributed by atoms with Gasteiger partial charge in [-0.25, -0.2) is 12.8 Å². The number of anilines is 1. The molecule has 0 aliphatic rings. The van der Waals surface area contributed by atoms with Crippen LogP contribution in [-0.2, 0) is 10.0 Å². The van der Waals surface area contributed by atoms with Crippen molar-refractivity contribution in [1.29, 1.82) is 0 Å². The number of sulfonamides is 1. The van der Waals surface area contributed by atoms with E-state index >= 15 is 0 Å². The second-order valence-electron chi connectivity index (χ2n) is 6.43. The predicted octanol–water partition coefficient (Wildman–Crippen LogP) is 4.23. The normalized spacial score (nSPS) is 11.8. The molecule has 1 N–H and O–H groups in total. The van der Waals surface area contributed by atoms with Crippen LogP contribution in [-0.4, -0.2) is 31.7 Å². The molecule has 27 heavy (non-hydrogen) atoms. The summed E-state index contributed by atoms with van der Waals surface area (Å²) in [7, 11) is -3.78. The fourth-order valence-electron chi connectivity index (χ4n) is 2.86. The van der Waals surface area contributed by atoms with Gasteiger partial charge in [0.25, 0.3) is 5.91 Å². The average molecular weight is 392 g/mol. The van der Waals surface area contributed by atoms with Gasteiger partial charge < -0.3 is 5.32 Å². The molecule has 7 heteroatoms. The minimum Gasteiger partial charge on any atom is -0.322 e. The number of hydrogen-bond acceptors (Lipinski definition) is 3. The summed E-state index contributed by atoms with van der Waals surface area (Å²) in [5.41, 5.74) is 1.19. The quantitative estimate of drug-likeness (QED) is 0.767. The Morgan fingerprint density at radius 1 is 1.11 bits per heavy atom. The second kappa shape index (κ2) is 8.63. The maximum absolute atomic E-state index is 14.3. The summed E-state index contributed by atoms with van der Waals surface area (Å²) >= 11 is 0. The molecule has 0 unspecified atom stereocenters. The van der Waals surface area contributed by atoms with Crippen LogP contribution < -0.4 is 5.32 Å². The van der Waals surface area contributed by atoms with E-state index < -0.39 is 21.7 Å². The highest BCUT2D eigenvalue weighted by molar-refractivity contribution is 7.89. The fourth-order valence-corrected chi connectivity index (χ4v) is 4.34. The van der Waals surface area contributed by atoms with Crippen LogP contribution in [0.1, 0.15) is 49.5 Å². The van der Waals surface area contributed by atoms with Crippen molar-refractivity contribution < 1.29 is 17.6 Å². The van der Waals surface area contributed by atoms with Crippen LogP contribution in [0.5, 0.6) is 0 Å². The van der Waals surface area contributed by atoms with Crippen molar-refractivity contribution in [3.8, 4) is 0 Å². The molecule has 0 fully saturated rings. The number of para-hydroxylation sites is 1. The van der Waals surface area contributed by atoms with Crippen LogP contribution in [0, 0.1) is 5.82 Å². The third-order valence-corrected chi connectivity index (χ3v) is 6.40. The highest BCUT2D eigenvalue weighted by Gasteiger charge is 2.24. The molecule has 0 aliphatic heterocycles. The molecule has 146 valence electrons. The van der Waals surface area contributed by atoms with Crippen LogP contribution >= 0.6 is 0 Å². The van der Waals surface area contributed by atoms with E-state index in [2.05, 4.69) is 5.32 Å². The molecule has 2 rings (SSSR count). The van der Waals surface area contributed by atoms with Gasteiger partial charge in [0.05, 0.1) is 10.5 Å². The van der Waals surface area contributed by atoms with Gasteiger partial charge in [-0.1, -0.05) is 45.9 Å². The number of carbonyl (C=O) groups excluding carboxylic acids is 1. The number of rotatable bonds is 7. The monoisotopic (exact) mass is 392 g/mol. The van der Waals surface area contributed by atoms with E-state index in [0.717, 1.165) is 17.7 Å². The fraction of sp³-hybridized carbons (Fsp3) is 0.350. The first kappa shape index (κ1) is 21.1. The van der Waals surface area contributed by atoms with E-state index in [1.807, 2.05) is 26.0 Å². The molecule has 0 aliphatic carbocycles. The SMILES string of the molecule is CCN(CC)S(=O)(=O)c1ccc(F)c(C(=O)Nc2ccccc2C(C)C)c1. The van der Waals surface area contributed by atoms with Crippen molar-refractivity contribution in [2.75, 3.05) is 18.4 Å². The minimum atomic E-state index is -3.78. The van der Waals surface area contributed by atoms with Crippen LogP contribution in [0.25, 0.3) is 0 Å². The molecule has 0 bridgehead atoms. The average Bonchev–Trinajstić information content (AvgIpc) is 2.62. The van der Waals surface area contributed by atoms with Gasteiger partial charge >= 0.3 is 0 Å². The molecular formula is C20H25FN2O3S. The van der Waals surface area contributed by atoms with Gasteiger partial charge in [-0.2, -0.15) is 4.31 Å². The Hall–Kier alpha value is -2.25. The molecule has 2 aromatic carbocycles. The summed E-state index contributed by atoms with van der Waals surface area (Å²) in [5.74, 6) is -1.29. The highest BCUT2D eigenvalue weighted by atomic mass is 32.2. The van der Waals surface area contributed by atoms with Gasteiger partial charge in [-0.05, 0) is 35.7 Å². The van der Waals surface area contributed by atoms with Crippen molar-refractivity contribution in [3.05, 3.63) is 59.4 Å². The first-order valence-corrected chi connectivity index (χ1v) is 10.4. The van der Waals surface area contributed by atoms with Gasteiger partial charge in [-0.15, -0.1) is 0 Å². The summed E-state index contributed by atoms with van der Waals surface area (Å²) in [4.78, 5) is 12.5. The van der Waals surface area contributed by atoms with Crippen molar-refractivity contribution in [2.24, 2.45) is 0 Å². The van der Waals surface area contributed by atoms with E-state index in [1.165, 1.54) is 10.4 Å². The molecule has 0 spiro atoms. The lowest BCUT2D eigenvalue weighted by Gasteiger charge is -2.19. The maximum Gasteiger partial charge on any atom is 0.258 e. The first-order valence-electron chi connectivity index (χ1n) is 8.92. The Labute approximate surface area is 160 Å². The molecule has 0 radical (unpaired) electrons. The molecule has 0 aromatic heterocycles. The van der Waals surface area contributed by atoms with Crippen LogP contribution in [0.4, 0.5) is 10.1 Å². The second-order valence-corrected chi connectivity index (χ2v) is 8.36. The van der Waals surface area contributed by atoms with Gasteiger partial charge in [0.1, 0.15) is 5.82 Å². The van der Waals surface area contributed by atoms with E-state index in [9.17, 15) is 17.6 Å². The molecule has 0 saturated carbocycles. The lowest BCUT2D eigenvalue weighted by atomic mass is 10.0. The topological polar surface area (TPSA) is 66.5 Å². The third-order valence-electron chi connectivity index (χ3n) is 4.36. The number of amides is 1. The van der Waals surface area contributed by atoms with Gasteiger partial charge in [0, 0.05) is 18.8 Å². The Morgan fingerprint density at radius 3 is 2.33 bits per heavy atom. The molecule has 1 amide bonds. The van der Waals surface area contributed by atoms with E-state index in [0.29, 0.717) is 18.8 Å². The summed E-state index contributed by atoms with van der Waals surface area (Å²) < 4.78 is 40.8. The van der Waals surface area contributed by atoms with Crippen molar-refractivity contribution in [1.82, 2.24) is 4.31 Å². The summed E-state index contributed by atoms with van der Waals surface area (Å²) in [6, 6.07) is 10.6. The summed E-state index contributed by atoms with van der Waals surface area (Å²) in [6.45, 7) is 8.01. The third kappa shape index (κ3) is 4.54. The molecule has 0 heterocycles. The van der Waals surface area contributed by atoms with Gasteiger partial charge in [0.15, 0.2) is 0 Å². The molecule has 5 nitrogen and oxygen atoms in total. The lowest BCUT2D eigenvalue weighted by Crippen LogP contribution is -2.31. The van der Waals surface area contributed by atoms with Crippen molar-refractivity contribution in [2.45, 2.75) is 38.5 Å². The number of hydrogen-bond donors (Lipinski definition) is 1. The molecule has 0 saturated heterocycles. The Kier molecular flexibility index (Phi) is 6.73. The van der Waals surface area contributed by atoms with E-state index in [-0.39, 0.29) is 16.4 Å². The van der Waals surface area contributed by atoms with Crippen LogP contribution in [0.2, 0.25) is 0 Å². The number of halogens is 1. The van der Waals surface area contributed by atoms with E-state index in [1.54, 1.807) is 26.0 Å². The number of carbonyl (C=O) groups is 1. The van der Waals surface area contributed by atoms with Gasteiger partial charge in [-0.3, -0.25) is 4.79 Å². The van der Waals surface area contributed by atoms with Crippen LogP contribution in [0.15, 0.2) is 47.4 Å². The number of benzene rings is 2. The Morgan fingerprint density at radius 2 is 1.74 bits per heavy atom. The standard InChI is InChI=1S/C20H25FN2O3S/c1-5-23(6-2)27(25,26)15-11-12-18(21)17(13-15)20(24)22-19-10-8-7-9-16(19)14(3)4/h7-14H,5-6H2,1-4H3,(H,22,24). The zero-order valence-corrected chi connectivity index (χ0v) is 16.8. The highest BCUT2D eigenvalue weighted by Crippen LogP contribution is 2.25. The first-order chi connectivity index (χ1) is 12.7. The summed E-state index contributed by atoms with van der Waals surface area (Å²) in [5, 5.41) is 2.70. The van der Waals surface area contributed by atoms with Crippen LogP contribution in [0.3, 0.4) is 0 Å². The maximum atomic E-state index is 14.3. The lowest BCUT2D eigenvalue weighted by molar-refractivity contribution is 0.102. The molecule has 2 aromatic rings. The largest absolute Gasteiger partial charge is 0.322 e. The van der Waals surface area contributed by atoms with Crippen molar-refractivity contribution >= 4 is 21.6 Å². The number of nitrogens with zero attached hydrogens (tertiary/aromatic N) is 1. The Bertz CT molecular complexity index is 923. The minimum absolute atomic E-state index is 0.102. The number of nitrogens with one attached hydrogen (secondary N) is 1. The zero-order valence-electron chi connectivity index (χ0n) is 16.0. The zero-order chi connectivity index (χ0) is 20.2. The molecule has 0 atom stereocenters. The van der Waals surface area contributed by atoms with Gasteiger partial charge in [0.2, 0.25) is 10.0 Å². The summed E-state index contributed by atoms with van der Waals surface area (Å²) in [6.07, 6.45) is 0. The smallest absolute Gasteiger partial charge is 0.258 e. The molecular weight excluding hydrogens is 367 g/mol.